The van der Waals surface area contributed by atoms with Crippen LogP contribution >= 0.6 is 0 Å². The van der Waals surface area contributed by atoms with Gasteiger partial charge in [0.15, 0.2) is 0 Å². The van der Waals surface area contributed by atoms with Gasteiger partial charge in [-0.25, -0.2) is 0 Å². The second-order valence-corrected chi connectivity index (χ2v) is 4.57. The smallest absolute Gasteiger partial charge is 0.0632 e. The first-order valence-electron chi connectivity index (χ1n) is 5.91. The highest BCUT2D eigenvalue weighted by atomic mass is 16.5. The van der Waals surface area contributed by atoms with Gasteiger partial charge in [0.2, 0.25) is 0 Å². The molecule has 2 heterocycles. The Morgan fingerprint density at radius 3 is 3.07 bits per heavy atom. The van der Waals surface area contributed by atoms with E-state index in [-0.39, 0.29) is 0 Å². The zero-order valence-electron chi connectivity index (χ0n) is 9.17. The lowest BCUT2D eigenvalue weighted by atomic mass is 10.0. The van der Waals surface area contributed by atoms with Crippen LogP contribution in [0, 0.1) is 0 Å². The molecule has 0 amide bonds. The number of hydrogen-bond donors (Lipinski definition) is 1. The molecule has 2 atom stereocenters. The fraction of sp³-hybridized carbons (Fsp3) is 1.00. The van der Waals surface area contributed by atoms with Gasteiger partial charge in [-0.15, -0.1) is 0 Å². The fourth-order valence-electron chi connectivity index (χ4n) is 2.45. The van der Waals surface area contributed by atoms with Crippen molar-refractivity contribution in [3.8, 4) is 0 Å². The third-order valence-corrected chi connectivity index (χ3v) is 3.39. The molecule has 2 saturated heterocycles. The van der Waals surface area contributed by atoms with E-state index in [0.717, 1.165) is 25.8 Å². The minimum absolute atomic E-state index is 0.560. The molecule has 0 aliphatic carbocycles. The molecule has 2 rings (SSSR count). The van der Waals surface area contributed by atoms with E-state index in [1.807, 2.05) is 0 Å². The van der Waals surface area contributed by atoms with Gasteiger partial charge in [-0.1, -0.05) is 6.42 Å². The van der Waals surface area contributed by atoms with Gasteiger partial charge in [-0.3, -0.25) is 4.90 Å². The summed E-state index contributed by atoms with van der Waals surface area (Å²) >= 11 is 0. The molecule has 3 heteroatoms. The molecule has 0 bridgehead atoms. The largest absolute Gasteiger partial charge is 0.378 e. The highest BCUT2D eigenvalue weighted by molar-refractivity contribution is 4.80. The van der Waals surface area contributed by atoms with Crippen molar-refractivity contribution >= 4 is 0 Å². The molecule has 1 N–H and O–H groups in total. The lowest BCUT2D eigenvalue weighted by molar-refractivity contribution is 0.0492. The summed E-state index contributed by atoms with van der Waals surface area (Å²) in [5, 5.41) is 3.52. The van der Waals surface area contributed by atoms with E-state index in [4.69, 9.17) is 4.74 Å². The Hall–Kier alpha value is -0.120. The average Bonchev–Trinajstić information content (AvgIpc) is 2.23. The van der Waals surface area contributed by atoms with Crippen LogP contribution < -0.4 is 5.32 Å². The Balaban J connectivity index is 1.76. The summed E-state index contributed by atoms with van der Waals surface area (Å²) in [6.07, 6.45) is 4.15. The minimum Gasteiger partial charge on any atom is -0.378 e. The number of piperidine rings is 1. The molecular weight excluding hydrogens is 176 g/mol. The molecule has 82 valence electrons. The number of rotatable bonds is 2. The van der Waals surface area contributed by atoms with Crippen LogP contribution in [0.3, 0.4) is 0 Å². The predicted octanol–water partition coefficient (Wildman–Crippen LogP) is 0.849. The number of nitrogens with one attached hydrogen (secondary N) is 1. The number of hydrogen-bond acceptors (Lipinski definition) is 3. The van der Waals surface area contributed by atoms with Crippen molar-refractivity contribution in [2.24, 2.45) is 0 Å². The third kappa shape index (κ3) is 2.69. The number of morpholine rings is 1. The third-order valence-electron chi connectivity index (χ3n) is 3.39. The molecule has 0 aromatic heterocycles. The van der Waals surface area contributed by atoms with Crippen LogP contribution in [0.2, 0.25) is 0 Å². The summed E-state index contributed by atoms with van der Waals surface area (Å²) < 4.78 is 5.47. The number of likely N-dealkylation sites (tertiary alicyclic amines) is 1. The molecular formula is C11H22N2O. The lowest BCUT2D eigenvalue weighted by Gasteiger charge is -2.37. The molecule has 0 radical (unpaired) electrons. The second-order valence-electron chi connectivity index (χ2n) is 4.57. The fourth-order valence-corrected chi connectivity index (χ4v) is 2.45. The molecule has 3 nitrogen and oxygen atoms in total. The van der Waals surface area contributed by atoms with Gasteiger partial charge >= 0.3 is 0 Å². The Morgan fingerprint density at radius 1 is 1.43 bits per heavy atom. The highest BCUT2D eigenvalue weighted by Crippen LogP contribution is 2.16. The van der Waals surface area contributed by atoms with Gasteiger partial charge in [0.05, 0.1) is 13.2 Å². The van der Waals surface area contributed by atoms with E-state index < -0.39 is 0 Å². The van der Waals surface area contributed by atoms with Crippen LogP contribution in [0.1, 0.15) is 26.2 Å². The first-order chi connectivity index (χ1) is 6.86. The van der Waals surface area contributed by atoms with Crippen molar-refractivity contribution < 1.29 is 4.74 Å². The maximum Gasteiger partial charge on any atom is 0.0632 e. The molecule has 2 aliphatic rings. The highest BCUT2D eigenvalue weighted by Gasteiger charge is 2.22. The molecule has 2 aliphatic heterocycles. The van der Waals surface area contributed by atoms with Crippen LogP contribution in [0.4, 0.5) is 0 Å². The Labute approximate surface area is 86.8 Å². The van der Waals surface area contributed by atoms with Crippen LogP contribution in [0.15, 0.2) is 0 Å². The molecule has 0 aromatic carbocycles. The van der Waals surface area contributed by atoms with E-state index in [1.165, 1.54) is 32.4 Å². The van der Waals surface area contributed by atoms with Crippen molar-refractivity contribution in [3.63, 3.8) is 0 Å². The predicted molar refractivity (Wildman–Crippen MR) is 57.5 cm³/mol. The number of nitrogens with zero attached hydrogens (tertiary/aromatic N) is 1. The van der Waals surface area contributed by atoms with E-state index in [1.54, 1.807) is 0 Å². The average molecular weight is 198 g/mol. The van der Waals surface area contributed by atoms with Gasteiger partial charge in [0.25, 0.3) is 0 Å². The Kier molecular flexibility index (Phi) is 3.79. The molecule has 0 unspecified atom stereocenters. The minimum atomic E-state index is 0.560. The SMILES string of the molecule is C[C@@H]1CCCCN1C[C@H]1COCCN1. The standard InChI is InChI=1S/C11H22N2O/c1-10-4-2-3-6-13(10)8-11-9-14-7-5-12-11/h10-12H,2-9H2,1H3/t10-,11+/m1/s1. The summed E-state index contributed by atoms with van der Waals surface area (Å²) in [6, 6.07) is 1.33. The molecule has 0 saturated carbocycles. The molecule has 2 fully saturated rings. The summed E-state index contributed by atoms with van der Waals surface area (Å²) in [5.74, 6) is 0. The normalized spacial score (nSPS) is 35.8. The monoisotopic (exact) mass is 198 g/mol. The zero-order valence-corrected chi connectivity index (χ0v) is 9.17. The maximum absolute atomic E-state index is 5.47. The lowest BCUT2D eigenvalue weighted by Crippen LogP contribution is -2.51. The maximum atomic E-state index is 5.47. The van der Waals surface area contributed by atoms with Crippen molar-refractivity contribution in [2.75, 3.05) is 32.8 Å². The van der Waals surface area contributed by atoms with Crippen molar-refractivity contribution in [3.05, 3.63) is 0 Å². The van der Waals surface area contributed by atoms with Crippen molar-refractivity contribution in [1.82, 2.24) is 10.2 Å². The molecule has 14 heavy (non-hydrogen) atoms. The first-order valence-corrected chi connectivity index (χ1v) is 5.91. The van der Waals surface area contributed by atoms with E-state index in [9.17, 15) is 0 Å². The summed E-state index contributed by atoms with van der Waals surface area (Å²) in [6.45, 7) is 7.59. The number of ether oxygens (including phenoxy) is 1. The quantitative estimate of drug-likeness (QED) is 0.712. The van der Waals surface area contributed by atoms with Gasteiger partial charge < -0.3 is 10.1 Å². The van der Waals surface area contributed by atoms with Crippen LogP contribution in [0.5, 0.6) is 0 Å². The topological polar surface area (TPSA) is 24.5 Å². The van der Waals surface area contributed by atoms with Gasteiger partial charge in [0.1, 0.15) is 0 Å². The summed E-state index contributed by atoms with van der Waals surface area (Å²) in [7, 11) is 0. The Morgan fingerprint density at radius 2 is 2.36 bits per heavy atom. The van der Waals surface area contributed by atoms with Gasteiger partial charge in [-0.05, 0) is 26.3 Å². The van der Waals surface area contributed by atoms with Gasteiger partial charge in [0, 0.05) is 25.2 Å². The molecule has 0 spiro atoms. The van der Waals surface area contributed by atoms with Crippen LogP contribution in [-0.4, -0.2) is 49.8 Å². The van der Waals surface area contributed by atoms with Crippen molar-refractivity contribution in [2.45, 2.75) is 38.3 Å². The van der Waals surface area contributed by atoms with Crippen LogP contribution in [0.25, 0.3) is 0 Å². The zero-order chi connectivity index (χ0) is 9.80. The summed E-state index contributed by atoms with van der Waals surface area (Å²) in [4.78, 5) is 2.61. The van der Waals surface area contributed by atoms with Gasteiger partial charge in [-0.2, -0.15) is 0 Å². The first kappa shape index (κ1) is 10.4. The van der Waals surface area contributed by atoms with Crippen molar-refractivity contribution in [1.29, 1.82) is 0 Å². The van der Waals surface area contributed by atoms with E-state index in [2.05, 4.69) is 17.1 Å². The van der Waals surface area contributed by atoms with E-state index in [0.29, 0.717) is 6.04 Å². The van der Waals surface area contributed by atoms with E-state index >= 15 is 0 Å². The molecule has 0 aromatic rings. The second kappa shape index (κ2) is 5.10. The Bertz CT molecular complexity index is 169. The summed E-state index contributed by atoms with van der Waals surface area (Å²) in [5.41, 5.74) is 0. The van der Waals surface area contributed by atoms with Crippen LogP contribution in [-0.2, 0) is 4.74 Å².